The highest BCUT2D eigenvalue weighted by Gasteiger charge is 2.15. The van der Waals surface area contributed by atoms with Gasteiger partial charge in [-0.05, 0) is 6.42 Å². The first-order valence-electron chi connectivity index (χ1n) is 4.21. The highest BCUT2D eigenvalue weighted by atomic mass is 16.5. The van der Waals surface area contributed by atoms with Crippen LogP contribution in [-0.2, 0) is 9.53 Å². The Morgan fingerprint density at radius 2 is 2.27 bits per heavy atom. The van der Waals surface area contributed by atoms with Gasteiger partial charge in [-0.25, -0.2) is 0 Å². The molecule has 1 aliphatic heterocycles. The van der Waals surface area contributed by atoms with Crippen LogP contribution in [0.4, 0.5) is 0 Å². The number of rotatable bonds is 1. The molecule has 1 aliphatic rings. The lowest BCUT2D eigenvalue weighted by atomic mass is 10.2. The van der Waals surface area contributed by atoms with Crippen LogP contribution < -0.4 is 5.32 Å². The van der Waals surface area contributed by atoms with Gasteiger partial charge in [-0.3, -0.25) is 4.79 Å². The first-order valence-corrected chi connectivity index (χ1v) is 4.21. The first kappa shape index (κ1) is 10.4. The van der Waals surface area contributed by atoms with E-state index < -0.39 is 0 Å². The number of ether oxygens (including phenoxy) is 1. The van der Waals surface area contributed by atoms with Crippen LogP contribution in [0, 0.1) is 0 Å². The maximum atomic E-state index is 10.5. The van der Waals surface area contributed by atoms with Crippen LogP contribution in [0.15, 0.2) is 0 Å². The topological polar surface area (TPSA) is 38.3 Å². The second-order valence-electron chi connectivity index (χ2n) is 2.15. The van der Waals surface area contributed by atoms with Gasteiger partial charge in [0.2, 0.25) is 5.91 Å². The van der Waals surface area contributed by atoms with E-state index in [-0.39, 0.29) is 18.6 Å². The second-order valence-corrected chi connectivity index (χ2v) is 2.15. The monoisotopic (exact) mass is 159 g/mol. The fourth-order valence-corrected chi connectivity index (χ4v) is 0.793. The van der Waals surface area contributed by atoms with Crippen LogP contribution >= 0.6 is 0 Å². The molecule has 0 bridgehead atoms. The number of carbonyl (C=O) groups excluding carboxylic acids is 1. The molecule has 3 heteroatoms. The van der Waals surface area contributed by atoms with Gasteiger partial charge in [-0.15, -0.1) is 0 Å². The van der Waals surface area contributed by atoms with E-state index in [9.17, 15) is 4.79 Å². The lowest BCUT2D eigenvalue weighted by Crippen LogP contribution is -2.42. The number of carbonyl (C=O) groups is 1. The van der Waals surface area contributed by atoms with E-state index in [0.29, 0.717) is 6.54 Å². The van der Waals surface area contributed by atoms with E-state index >= 15 is 0 Å². The number of hydrogen-bond donors (Lipinski definition) is 1. The second kappa shape index (κ2) is 6.16. The molecule has 1 N–H and O–H groups in total. The smallest absolute Gasteiger partial charge is 0.246 e. The minimum atomic E-state index is -0.000278. The van der Waals surface area contributed by atoms with E-state index in [0.717, 1.165) is 6.42 Å². The van der Waals surface area contributed by atoms with Gasteiger partial charge in [0.05, 0.1) is 6.10 Å². The average molecular weight is 159 g/mol. The molecule has 0 aromatic heterocycles. The summed E-state index contributed by atoms with van der Waals surface area (Å²) in [6.45, 7) is 6.95. The molecule has 1 amide bonds. The van der Waals surface area contributed by atoms with E-state index in [1.165, 1.54) is 0 Å². The zero-order chi connectivity index (χ0) is 8.69. The molecule has 0 aliphatic carbocycles. The molecule has 0 spiro atoms. The van der Waals surface area contributed by atoms with E-state index in [2.05, 4.69) is 5.32 Å². The molecule has 66 valence electrons. The van der Waals surface area contributed by atoms with Gasteiger partial charge >= 0.3 is 0 Å². The number of amides is 1. The number of hydrogen-bond acceptors (Lipinski definition) is 2. The quantitative estimate of drug-likeness (QED) is 0.618. The Hall–Kier alpha value is -0.570. The third-order valence-corrected chi connectivity index (χ3v) is 1.43. The lowest BCUT2D eigenvalue weighted by Gasteiger charge is -2.21. The van der Waals surface area contributed by atoms with Gasteiger partial charge < -0.3 is 10.1 Å². The zero-order valence-corrected chi connectivity index (χ0v) is 7.52. The molecule has 11 heavy (non-hydrogen) atoms. The van der Waals surface area contributed by atoms with Crippen molar-refractivity contribution in [1.29, 1.82) is 0 Å². The van der Waals surface area contributed by atoms with Crippen molar-refractivity contribution >= 4 is 5.91 Å². The highest BCUT2D eigenvalue weighted by molar-refractivity contribution is 5.77. The lowest BCUT2D eigenvalue weighted by molar-refractivity contribution is -0.133. The molecule has 1 unspecified atom stereocenters. The summed E-state index contributed by atoms with van der Waals surface area (Å²) in [6.07, 6.45) is 1.21. The number of morpholine rings is 1. The van der Waals surface area contributed by atoms with Gasteiger partial charge in [0.1, 0.15) is 6.61 Å². The Balaban J connectivity index is 0.000000461. The Morgan fingerprint density at radius 1 is 1.64 bits per heavy atom. The molecule has 1 saturated heterocycles. The molecule has 1 heterocycles. The molecule has 3 nitrogen and oxygen atoms in total. The summed E-state index contributed by atoms with van der Waals surface area (Å²) in [4.78, 5) is 10.5. The third-order valence-electron chi connectivity index (χ3n) is 1.43. The summed E-state index contributed by atoms with van der Waals surface area (Å²) >= 11 is 0. The third kappa shape index (κ3) is 3.98. The van der Waals surface area contributed by atoms with Gasteiger partial charge in [0, 0.05) is 6.54 Å². The molecule has 0 radical (unpaired) electrons. The van der Waals surface area contributed by atoms with Crippen LogP contribution in [0.5, 0.6) is 0 Å². The van der Waals surface area contributed by atoms with Crippen molar-refractivity contribution in [2.75, 3.05) is 13.2 Å². The summed E-state index contributed by atoms with van der Waals surface area (Å²) in [7, 11) is 0. The maximum Gasteiger partial charge on any atom is 0.246 e. The van der Waals surface area contributed by atoms with Crippen LogP contribution in [0.1, 0.15) is 27.2 Å². The Kier molecular flexibility index (Phi) is 5.84. The molecule has 0 saturated carbocycles. The molecular weight excluding hydrogens is 142 g/mol. The van der Waals surface area contributed by atoms with E-state index in [1.54, 1.807) is 0 Å². The molecule has 0 aromatic carbocycles. The van der Waals surface area contributed by atoms with Crippen LogP contribution in [0.3, 0.4) is 0 Å². The van der Waals surface area contributed by atoms with Crippen molar-refractivity contribution < 1.29 is 9.53 Å². The molecule has 1 fully saturated rings. The summed E-state index contributed by atoms with van der Waals surface area (Å²) in [6, 6.07) is 0. The fraction of sp³-hybridized carbons (Fsp3) is 0.875. The molecule has 1 rings (SSSR count). The van der Waals surface area contributed by atoms with Crippen LogP contribution in [0.2, 0.25) is 0 Å². The van der Waals surface area contributed by atoms with Crippen molar-refractivity contribution in [3.05, 3.63) is 0 Å². The largest absolute Gasteiger partial charge is 0.367 e. The molecular formula is C8H17NO2. The molecule has 1 atom stereocenters. The predicted octanol–water partition coefficient (Wildman–Crippen LogP) is 0.938. The minimum absolute atomic E-state index is 0.000278. The summed E-state index contributed by atoms with van der Waals surface area (Å²) in [5.74, 6) is -0.000278. The highest BCUT2D eigenvalue weighted by Crippen LogP contribution is 1.99. The zero-order valence-electron chi connectivity index (χ0n) is 7.52. The van der Waals surface area contributed by atoms with Crippen molar-refractivity contribution in [2.45, 2.75) is 33.3 Å². The Bertz CT molecular complexity index is 105. The van der Waals surface area contributed by atoms with Gasteiger partial charge in [-0.1, -0.05) is 20.8 Å². The van der Waals surface area contributed by atoms with Crippen molar-refractivity contribution in [3.63, 3.8) is 0 Å². The Morgan fingerprint density at radius 3 is 2.64 bits per heavy atom. The van der Waals surface area contributed by atoms with Crippen LogP contribution in [0.25, 0.3) is 0 Å². The van der Waals surface area contributed by atoms with Gasteiger partial charge in [0.15, 0.2) is 0 Å². The van der Waals surface area contributed by atoms with E-state index in [4.69, 9.17) is 4.74 Å². The Labute approximate surface area is 68.1 Å². The normalized spacial score (nSPS) is 23.2. The first-order chi connectivity index (χ1) is 5.33. The molecule has 0 aromatic rings. The van der Waals surface area contributed by atoms with Crippen molar-refractivity contribution in [3.8, 4) is 0 Å². The van der Waals surface area contributed by atoms with Crippen LogP contribution in [-0.4, -0.2) is 25.2 Å². The SMILES string of the molecule is CC.CCC1CNC(=O)CO1. The standard InChI is InChI=1S/C6H11NO2.C2H6/c1-2-5-3-7-6(8)4-9-5;1-2/h5H,2-4H2,1H3,(H,7,8);1-2H3. The van der Waals surface area contributed by atoms with Crippen molar-refractivity contribution in [2.24, 2.45) is 0 Å². The van der Waals surface area contributed by atoms with Crippen molar-refractivity contribution in [1.82, 2.24) is 5.32 Å². The fourth-order valence-electron chi connectivity index (χ4n) is 0.793. The summed E-state index contributed by atoms with van der Waals surface area (Å²) < 4.78 is 5.13. The predicted molar refractivity (Wildman–Crippen MR) is 44.4 cm³/mol. The summed E-state index contributed by atoms with van der Waals surface area (Å²) in [5.41, 5.74) is 0. The van der Waals surface area contributed by atoms with E-state index in [1.807, 2.05) is 20.8 Å². The van der Waals surface area contributed by atoms with Gasteiger partial charge in [-0.2, -0.15) is 0 Å². The number of nitrogens with one attached hydrogen (secondary N) is 1. The average Bonchev–Trinajstić information content (AvgIpc) is 2.10. The maximum absolute atomic E-state index is 10.5. The van der Waals surface area contributed by atoms with Gasteiger partial charge in [0.25, 0.3) is 0 Å². The summed E-state index contributed by atoms with van der Waals surface area (Å²) in [5, 5.41) is 2.72. The minimum Gasteiger partial charge on any atom is -0.367 e.